The van der Waals surface area contributed by atoms with Gasteiger partial charge in [-0.25, -0.2) is 0 Å². The fraction of sp³-hybridized carbons (Fsp3) is 0.167. The predicted molar refractivity (Wildman–Crippen MR) is 66.7 cm³/mol. The average Bonchev–Trinajstić information content (AvgIpc) is 2.86. The Labute approximate surface area is 108 Å². The lowest BCUT2D eigenvalue weighted by Crippen LogP contribution is -2.13. The number of carboxylic acids is 1. The summed E-state index contributed by atoms with van der Waals surface area (Å²) >= 11 is 0. The minimum Gasteiger partial charge on any atom is -0.481 e. The van der Waals surface area contributed by atoms with Gasteiger partial charge in [0.1, 0.15) is 0 Å². The quantitative estimate of drug-likeness (QED) is 0.836. The number of carbonyl (C=O) groups excluding carboxylic acids is 1. The van der Waals surface area contributed by atoms with Crippen molar-refractivity contribution in [3.63, 3.8) is 0 Å². The lowest BCUT2D eigenvalue weighted by atomic mass is 10.3. The highest BCUT2D eigenvalue weighted by atomic mass is 16.4. The molecule has 0 bridgehead atoms. The highest BCUT2D eigenvalue weighted by Crippen LogP contribution is 2.06. The van der Waals surface area contributed by atoms with Crippen molar-refractivity contribution in [1.82, 2.24) is 14.8 Å². The van der Waals surface area contributed by atoms with Gasteiger partial charge in [-0.05, 0) is 18.2 Å². The number of amides is 1. The van der Waals surface area contributed by atoms with Crippen LogP contribution in [0.4, 0.5) is 5.69 Å². The topological polar surface area (TPSA) is 97.1 Å². The number of hydrogen-bond donors (Lipinski definition) is 2. The molecule has 2 aromatic rings. The zero-order valence-corrected chi connectivity index (χ0v) is 9.98. The van der Waals surface area contributed by atoms with Crippen molar-refractivity contribution in [1.29, 1.82) is 0 Å². The Morgan fingerprint density at radius 3 is 2.68 bits per heavy atom. The molecule has 98 valence electrons. The van der Waals surface area contributed by atoms with E-state index in [1.807, 2.05) is 0 Å². The van der Waals surface area contributed by atoms with Crippen LogP contribution in [0.2, 0.25) is 0 Å². The third-order valence-corrected chi connectivity index (χ3v) is 2.37. The van der Waals surface area contributed by atoms with Gasteiger partial charge in [0.05, 0.1) is 13.0 Å². The highest BCUT2D eigenvalue weighted by Gasteiger charge is 2.10. The van der Waals surface area contributed by atoms with E-state index in [2.05, 4.69) is 15.4 Å². The summed E-state index contributed by atoms with van der Waals surface area (Å²) in [6.45, 7) is 0.234. The van der Waals surface area contributed by atoms with Crippen LogP contribution in [-0.4, -0.2) is 31.7 Å². The molecule has 0 radical (unpaired) electrons. The van der Waals surface area contributed by atoms with Gasteiger partial charge in [0, 0.05) is 24.3 Å². The number of carbonyl (C=O) groups is 2. The van der Waals surface area contributed by atoms with Crippen LogP contribution in [0.15, 0.2) is 36.8 Å². The molecule has 0 aliphatic carbocycles. The third kappa shape index (κ3) is 3.63. The molecule has 0 aromatic carbocycles. The summed E-state index contributed by atoms with van der Waals surface area (Å²) in [5, 5.41) is 15.2. The van der Waals surface area contributed by atoms with E-state index in [-0.39, 0.29) is 24.6 Å². The molecule has 19 heavy (non-hydrogen) atoms. The monoisotopic (exact) mass is 260 g/mol. The van der Waals surface area contributed by atoms with E-state index in [1.54, 1.807) is 36.8 Å². The van der Waals surface area contributed by atoms with Crippen molar-refractivity contribution in [2.24, 2.45) is 0 Å². The molecule has 0 aliphatic heterocycles. The Kier molecular flexibility index (Phi) is 3.87. The van der Waals surface area contributed by atoms with Crippen LogP contribution in [0.1, 0.15) is 16.9 Å². The number of hydrogen-bond acceptors (Lipinski definition) is 4. The summed E-state index contributed by atoms with van der Waals surface area (Å²) in [6.07, 6.45) is 4.68. The molecule has 0 saturated heterocycles. The number of nitrogens with one attached hydrogen (secondary N) is 1. The van der Waals surface area contributed by atoms with Crippen molar-refractivity contribution < 1.29 is 14.7 Å². The van der Waals surface area contributed by atoms with Crippen LogP contribution < -0.4 is 5.32 Å². The van der Waals surface area contributed by atoms with Crippen LogP contribution in [0.25, 0.3) is 0 Å². The summed E-state index contributed by atoms with van der Waals surface area (Å²) < 4.78 is 1.43. The summed E-state index contributed by atoms with van der Waals surface area (Å²) in [6, 6.07) is 4.87. The third-order valence-electron chi connectivity index (χ3n) is 2.37. The molecule has 7 heteroatoms. The number of carboxylic acid groups (broad SMARTS) is 1. The summed E-state index contributed by atoms with van der Waals surface area (Å²) in [5.74, 6) is -1.25. The van der Waals surface area contributed by atoms with Crippen molar-refractivity contribution in [3.8, 4) is 0 Å². The maximum atomic E-state index is 11.8. The summed E-state index contributed by atoms with van der Waals surface area (Å²) in [4.78, 5) is 26.1. The Morgan fingerprint density at radius 2 is 2.00 bits per heavy atom. The number of anilines is 1. The SMILES string of the molecule is O=C(O)CCn1ccc(C(=O)Nc2ccncc2)n1. The minimum atomic E-state index is -0.904. The first-order valence-corrected chi connectivity index (χ1v) is 5.62. The van der Waals surface area contributed by atoms with Gasteiger partial charge in [0.15, 0.2) is 5.69 Å². The zero-order valence-electron chi connectivity index (χ0n) is 9.98. The van der Waals surface area contributed by atoms with Gasteiger partial charge in [-0.1, -0.05) is 0 Å². The summed E-state index contributed by atoms with van der Waals surface area (Å²) in [7, 11) is 0. The molecule has 2 rings (SSSR count). The van der Waals surface area contributed by atoms with Gasteiger partial charge in [0.2, 0.25) is 0 Å². The van der Waals surface area contributed by atoms with E-state index in [9.17, 15) is 9.59 Å². The number of rotatable bonds is 5. The molecular formula is C12H12N4O3. The van der Waals surface area contributed by atoms with E-state index in [0.717, 1.165) is 0 Å². The van der Waals surface area contributed by atoms with Gasteiger partial charge >= 0.3 is 5.97 Å². The van der Waals surface area contributed by atoms with Crippen molar-refractivity contribution >= 4 is 17.6 Å². The Bertz CT molecular complexity index is 580. The lowest BCUT2D eigenvalue weighted by molar-refractivity contribution is -0.137. The van der Waals surface area contributed by atoms with Gasteiger partial charge in [-0.3, -0.25) is 19.3 Å². The number of aromatic nitrogens is 3. The van der Waals surface area contributed by atoms with Crippen LogP contribution >= 0.6 is 0 Å². The van der Waals surface area contributed by atoms with Gasteiger partial charge in [-0.2, -0.15) is 5.10 Å². The second-order valence-electron chi connectivity index (χ2n) is 3.80. The maximum absolute atomic E-state index is 11.8. The van der Waals surface area contributed by atoms with E-state index in [0.29, 0.717) is 5.69 Å². The van der Waals surface area contributed by atoms with Crippen LogP contribution in [-0.2, 0) is 11.3 Å². The van der Waals surface area contributed by atoms with Crippen molar-refractivity contribution in [2.75, 3.05) is 5.32 Å². The molecule has 7 nitrogen and oxygen atoms in total. The molecule has 0 unspecified atom stereocenters. The number of nitrogens with zero attached hydrogens (tertiary/aromatic N) is 3. The van der Waals surface area contributed by atoms with E-state index < -0.39 is 5.97 Å². The second-order valence-corrected chi connectivity index (χ2v) is 3.80. The summed E-state index contributed by atoms with van der Waals surface area (Å²) in [5.41, 5.74) is 0.863. The van der Waals surface area contributed by atoms with Gasteiger partial charge in [-0.15, -0.1) is 0 Å². The molecule has 0 atom stereocenters. The second kappa shape index (κ2) is 5.76. The first kappa shape index (κ1) is 12.7. The van der Waals surface area contributed by atoms with Crippen LogP contribution in [0.3, 0.4) is 0 Å². The van der Waals surface area contributed by atoms with Crippen molar-refractivity contribution in [2.45, 2.75) is 13.0 Å². The van der Waals surface area contributed by atoms with E-state index >= 15 is 0 Å². The molecule has 2 N–H and O–H groups in total. The first-order chi connectivity index (χ1) is 9.15. The average molecular weight is 260 g/mol. The van der Waals surface area contributed by atoms with Gasteiger partial charge in [0.25, 0.3) is 5.91 Å². The Morgan fingerprint density at radius 1 is 1.26 bits per heavy atom. The number of aryl methyl sites for hydroxylation is 1. The largest absolute Gasteiger partial charge is 0.481 e. The number of aliphatic carboxylic acids is 1. The fourth-order valence-corrected chi connectivity index (χ4v) is 1.45. The molecule has 0 saturated carbocycles. The molecule has 0 fully saturated rings. The molecule has 2 heterocycles. The first-order valence-electron chi connectivity index (χ1n) is 5.62. The fourth-order valence-electron chi connectivity index (χ4n) is 1.45. The maximum Gasteiger partial charge on any atom is 0.305 e. The Balaban J connectivity index is 1.98. The zero-order chi connectivity index (χ0) is 13.7. The smallest absolute Gasteiger partial charge is 0.305 e. The van der Waals surface area contributed by atoms with E-state index in [4.69, 9.17) is 5.11 Å². The highest BCUT2D eigenvalue weighted by molar-refractivity contribution is 6.02. The number of pyridine rings is 1. The molecule has 2 aromatic heterocycles. The van der Waals surface area contributed by atoms with Crippen molar-refractivity contribution in [3.05, 3.63) is 42.5 Å². The minimum absolute atomic E-state index is 0.0346. The van der Waals surface area contributed by atoms with E-state index in [1.165, 1.54) is 4.68 Å². The molecule has 0 aliphatic rings. The lowest BCUT2D eigenvalue weighted by Gasteiger charge is -2.02. The molecular weight excluding hydrogens is 248 g/mol. The normalized spacial score (nSPS) is 10.1. The molecule has 0 spiro atoms. The van der Waals surface area contributed by atoms with Crippen LogP contribution in [0, 0.1) is 0 Å². The van der Waals surface area contributed by atoms with Crippen LogP contribution in [0.5, 0.6) is 0 Å². The molecule has 1 amide bonds. The predicted octanol–water partition coefficient (Wildman–Crippen LogP) is 1.01. The van der Waals surface area contributed by atoms with Gasteiger partial charge < -0.3 is 10.4 Å². The standard InChI is InChI=1S/C12H12N4O3/c17-11(18)4-8-16-7-3-10(15-16)12(19)14-9-1-5-13-6-2-9/h1-3,5-7H,4,8H2,(H,17,18)(H,13,14,19). The Hall–Kier alpha value is -2.70.